The summed E-state index contributed by atoms with van der Waals surface area (Å²) >= 11 is 0. The van der Waals surface area contributed by atoms with Crippen LogP contribution in [0.3, 0.4) is 0 Å². The molecule has 4 heteroatoms. The average Bonchev–Trinajstić information content (AvgIpc) is 3.01. The minimum atomic E-state index is 0.418. The lowest BCUT2D eigenvalue weighted by atomic mass is 9.78. The molecule has 118 valence electrons. The number of nitrogens with two attached hydrogens (primary N) is 1. The van der Waals surface area contributed by atoms with Gasteiger partial charge in [0.1, 0.15) is 0 Å². The summed E-state index contributed by atoms with van der Waals surface area (Å²) in [7, 11) is 0. The zero-order valence-electron chi connectivity index (χ0n) is 14.0. The zero-order chi connectivity index (χ0) is 15.1. The largest absolute Gasteiger partial charge is 0.327 e. The minimum Gasteiger partial charge on any atom is -0.327 e. The Hall–Kier alpha value is -0.870. The number of nitrogens with zero attached hydrogens (tertiary/aromatic N) is 3. The molecule has 2 N–H and O–H groups in total. The Balaban J connectivity index is 1.80. The molecule has 2 heterocycles. The Labute approximate surface area is 128 Å². The van der Waals surface area contributed by atoms with Crippen molar-refractivity contribution < 1.29 is 0 Å². The van der Waals surface area contributed by atoms with Crippen molar-refractivity contribution in [3.63, 3.8) is 0 Å². The molecule has 4 nitrogen and oxygen atoms in total. The molecule has 4 atom stereocenters. The normalized spacial score (nSPS) is 31.4. The molecule has 3 rings (SSSR count). The van der Waals surface area contributed by atoms with Gasteiger partial charge in [-0.1, -0.05) is 6.42 Å². The van der Waals surface area contributed by atoms with Crippen molar-refractivity contribution >= 4 is 0 Å². The monoisotopic (exact) mass is 290 g/mol. The van der Waals surface area contributed by atoms with E-state index in [-0.39, 0.29) is 0 Å². The lowest BCUT2D eigenvalue weighted by molar-refractivity contribution is 0.244. The van der Waals surface area contributed by atoms with E-state index in [4.69, 9.17) is 10.8 Å². The molecule has 0 aromatic carbocycles. The third-order valence-corrected chi connectivity index (χ3v) is 5.88. The van der Waals surface area contributed by atoms with Gasteiger partial charge in [0.05, 0.1) is 5.69 Å². The fourth-order valence-electron chi connectivity index (χ4n) is 4.67. The molecule has 1 aliphatic carbocycles. The van der Waals surface area contributed by atoms with E-state index in [0.29, 0.717) is 18.0 Å². The Morgan fingerprint density at radius 1 is 1.29 bits per heavy atom. The van der Waals surface area contributed by atoms with E-state index in [2.05, 4.69) is 37.3 Å². The van der Waals surface area contributed by atoms with E-state index in [1.54, 1.807) is 0 Å². The molecule has 1 aromatic heterocycles. The molecule has 0 spiro atoms. The second-order valence-corrected chi connectivity index (χ2v) is 7.05. The van der Waals surface area contributed by atoms with Crippen LogP contribution in [0.15, 0.2) is 0 Å². The van der Waals surface area contributed by atoms with Gasteiger partial charge in [-0.25, -0.2) is 0 Å². The quantitative estimate of drug-likeness (QED) is 0.931. The Kier molecular flexibility index (Phi) is 4.10. The molecule has 2 aliphatic rings. The van der Waals surface area contributed by atoms with E-state index in [0.717, 1.165) is 12.5 Å². The van der Waals surface area contributed by atoms with Crippen molar-refractivity contribution in [3.8, 4) is 0 Å². The summed E-state index contributed by atoms with van der Waals surface area (Å²) < 4.78 is 2.13. The summed E-state index contributed by atoms with van der Waals surface area (Å²) in [5.74, 6) is 1.53. The Morgan fingerprint density at radius 2 is 2.05 bits per heavy atom. The van der Waals surface area contributed by atoms with Gasteiger partial charge in [-0.2, -0.15) is 5.10 Å². The van der Waals surface area contributed by atoms with Gasteiger partial charge in [0.2, 0.25) is 0 Å². The number of rotatable bonds is 3. The number of likely N-dealkylation sites (tertiary alicyclic amines) is 1. The van der Waals surface area contributed by atoms with Crippen molar-refractivity contribution in [1.29, 1.82) is 0 Å². The first-order chi connectivity index (χ1) is 10.0. The first-order valence-electron chi connectivity index (χ1n) is 8.56. The lowest BCUT2D eigenvalue weighted by Crippen LogP contribution is -2.38. The van der Waals surface area contributed by atoms with Gasteiger partial charge in [-0.3, -0.25) is 9.58 Å². The molecule has 1 saturated heterocycles. The van der Waals surface area contributed by atoms with Crippen molar-refractivity contribution in [1.82, 2.24) is 14.7 Å². The molecular weight excluding hydrogens is 260 g/mol. The van der Waals surface area contributed by atoms with E-state index in [9.17, 15) is 0 Å². The summed E-state index contributed by atoms with van der Waals surface area (Å²) in [4.78, 5) is 2.65. The lowest BCUT2D eigenvalue weighted by Gasteiger charge is -2.30. The van der Waals surface area contributed by atoms with E-state index < -0.39 is 0 Å². The highest BCUT2D eigenvalue weighted by atomic mass is 15.3. The maximum atomic E-state index is 6.36. The standard InChI is InChI=1S/C17H30N4/c1-5-21-13(4)17(11(2)19-21)12(3)20-9-14-7-6-8-16(18)15(14)10-20/h12,14-16H,5-10,18H2,1-4H3. The van der Waals surface area contributed by atoms with Gasteiger partial charge in [0.15, 0.2) is 0 Å². The smallest absolute Gasteiger partial charge is 0.0644 e. The van der Waals surface area contributed by atoms with Crippen molar-refractivity contribution in [2.45, 2.75) is 65.6 Å². The summed E-state index contributed by atoms with van der Waals surface area (Å²) in [6.45, 7) is 12.2. The molecule has 21 heavy (non-hydrogen) atoms. The predicted octanol–water partition coefficient (Wildman–Crippen LogP) is 2.64. The maximum absolute atomic E-state index is 6.36. The number of aromatic nitrogens is 2. The Bertz CT molecular complexity index is 507. The SMILES string of the molecule is CCn1nc(C)c(C(C)N2CC3CCCC(N)C3C2)c1C. The van der Waals surface area contributed by atoms with Crippen LogP contribution < -0.4 is 5.73 Å². The molecule has 0 amide bonds. The second-order valence-electron chi connectivity index (χ2n) is 7.05. The van der Waals surface area contributed by atoms with E-state index in [1.165, 1.54) is 49.3 Å². The first kappa shape index (κ1) is 15.0. The van der Waals surface area contributed by atoms with Gasteiger partial charge in [-0.05, 0) is 52.4 Å². The van der Waals surface area contributed by atoms with Crippen molar-refractivity contribution in [3.05, 3.63) is 17.0 Å². The fourth-order valence-corrected chi connectivity index (χ4v) is 4.67. The number of aryl methyl sites for hydroxylation is 2. The second kappa shape index (κ2) is 5.73. The summed E-state index contributed by atoms with van der Waals surface area (Å²) in [6, 6.07) is 0.879. The van der Waals surface area contributed by atoms with Crippen LogP contribution in [0, 0.1) is 25.7 Å². The number of hydrogen-bond donors (Lipinski definition) is 1. The van der Waals surface area contributed by atoms with Gasteiger partial charge in [-0.15, -0.1) is 0 Å². The van der Waals surface area contributed by atoms with Gasteiger partial charge >= 0.3 is 0 Å². The maximum Gasteiger partial charge on any atom is 0.0644 e. The van der Waals surface area contributed by atoms with E-state index >= 15 is 0 Å². The average molecular weight is 290 g/mol. The van der Waals surface area contributed by atoms with Crippen LogP contribution in [-0.4, -0.2) is 33.8 Å². The molecule has 0 radical (unpaired) electrons. The van der Waals surface area contributed by atoms with Crippen LogP contribution in [-0.2, 0) is 6.54 Å². The van der Waals surface area contributed by atoms with Gasteiger partial charge in [0, 0.05) is 43.0 Å². The highest BCUT2D eigenvalue weighted by Crippen LogP contribution is 2.39. The number of fused-ring (bicyclic) bond motifs is 1. The molecule has 2 fully saturated rings. The predicted molar refractivity (Wildman–Crippen MR) is 86.2 cm³/mol. The highest BCUT2D eigenvalue weighted by Gasteiger charge is 2.40. The van der Waals surface area contributed by atoms with Crippen LogP contribution >= 0.6 is 0 Å². The van der Waals surface area contributed by atoms with E-state index in [1.807, 2.05) is 0 Å². The van der Waals surface area contributed by atoms with Gasteiger partial charge < -0.3 is 5.73 Å². The van der Waals surface area contributed by atoms with Crippen LogP contribution in [0.4, 0.5) is 0 Å². The van der Waals surface area contributed by atoms with Crippen LogP contribution in [0.1, 0.15) is 56.1 Å². The summed E-state index contributed by atoms with van der Waals surface area (Å²) in [5.41, 5.74) is 10.3. The fraction of sp³-hybridized carbons (Fsp3) is 0.824. The summed E-state index contributed by atoms with van der Waals surface area (Å²) in [5, 5.41) is 4.69. The highest BCUT2D eigenvalue weighted by molar-refractivity contribution is 5.28. The third-order valence-electron chi connectivity index (χ3n) is 5.88. The molecule has 0 bridgehead atoms. The van der Waals surface area contributed by atoms with Crippen molar-refractivity contribution in [2.24, 2.45) is 17.6 Å². The van der Waals surface area contributed by atoms with Crippen LogP contribution in [0.25, 0.3) is 0 Å². The molecule has 4 unspecified atom stereocenters. The summed E-state index contributed by atoms with van der Waals surface area (Å²) in [6.07, 6.45) is 3.90. The van der Waals surface area contributed by atoms with Crippen molar-refractivity contribution in [2.75, 3.05) is 13.1 Å². The first-order valence-corrected chi connectivity index (χ1v) is 8.56. The van der Waals surface area contributed by atoms with Gasteiger partial charge in [0.25, 0.3) is 0 Å². The van der Waals surface area contributed by atoms with Crippen LogP contribution in [0.5, 0.6) is 0 Å². The third kappa shape index (κ3) is 2.53. The topological polar surface area (TPSA) is 47.1 Å². The molecule has 1 saturated carbocycles. The minimum absolute atomic E-state index is 0.418. The Morgan fingerprint density at radius 3 is 2.67 bits per heavy atom. The molecular formula is C17H30N4. The zero-order valence-corrected chi connectivity index (χ0v) is 14.0. The van der Waals surface area contributed by atoms with Crippen LogP contribution in [0.2, 0.25) is 0 Å². The molecule has 1 aromatic rings. The number of hydrogen-bond acceptors (Lipinski definition) is 3. The molecule has 1 aliphatic heterocycles.